The number of benzene rings is 1. The predicted octanol–water partition coefficient (Wildman–Crippen LogP) is 2.21. The Morgan fingerprint density at radius 2 is 1.80 bits per heavy atom. The molecule has 0 spiro atoms. The third-order valence-corrected chi connectivity index (χ3v) is 5.16. The first-order valence-electron chi connectivity index (χ1n) is 9.54. The Labute approximate surface area is 150 Å². The van der Waals surface area contributed by atoms with Crippen LogP contribution in [0.25, 0.3) is 0 Å². The molecule has 3 rings (SSSR count). The first-order chi connectivity index (χ1) is 12.3. The van der Waals surface area contributed by atoms with Crippen LogP contribution >= 0.6 is 0 Å². The molecule has 0 aliphatic carbocycles. The van der Waals surface area contributed by atoms with Crippen LogP contribution in [0.5, 0.6) is 0 Å². The number of nitrogens with zero attached hydrogens (tertiary/aromatic N) is 1. The summed E-state index contributed by atoms with van der Waals surface area (Å²) in [5, 5.41) is 3.39. The number of carbonyl (C=O) groups is 1. The summed E-state index contributed by atoms with van der Waals surface area (Å²) in [6.07, 6.45) is 4.83. The number of hydrogen-bond donors (Lipinski definition) is 1. The molecule has 5 heteroatoms. The van der Waals surface area contributed by atoms with Gasteiger partial charge in [0.2, 0.25) is 0 Å². The smallest absolute Gasteiger partial charge is 0.320 e. The Morgan fingerprint density at radius 1 is 1.08 bits per heavy atom. The van der Waals surface area contributed by atoms with Gasteiger partial charge < -0.3 is 14.8 Å². The number of ether oxygens (including phenoxy) is 2. The number of likely N-dealkylation sites (tertiary alicyclic amines) is 1. The maximum atomic E-state index is 12.0. The highest BCUT2D eigenvalue weighted by molar-refractivity contribution is 5.71. The summed E-state index contributed by atoms with van der Waals surface area (Å²) in [5.74, 6) is 0.574. The number of piperidine rings is 2. The van der Waals surface area contributed by atoms with Gasteiger partial charge in [-0.25, -0.2) is 0 Å². The van der Waals surface area contributed by atoms with Crippen LogP contribution in [0.1, 0.15) is 31.2 Å². The van der Waals surface area contributed by atoms with Gasteiger partial charge in [0.15, 0.2) is 0 Å². The van der Waals surface area contributed by atoms with Gasteiger partial charge in [-0.1, -0.05) is 30.3 Å². The van der Waals surface area contributed by atoms with Gasteiger partial charge in [-0.15, -0.1) is 0 Å². The lowest BCUT2D eigenvalue weighted by Gasteiger charge is -2.32. The van der Waals surface area contributed by atoms with Crippen LogP contribution in [0.4, 0.5) is 0 Å². The molecule has 2 aliphatic rings. The number of rotatable bonds is 7. The van der Waals surface area contributed by atoms with E-state index in [1.807, 2.05) is 30.3 Å². The summed E-state index contributed by atoms with van der Waals surface area (Å²) in [7, 11) is 0. The second kappa shape index (κ2) is 9.90. The minimum absolute atomic E-state index is 0.141. The third kappa shape index (κ3) is 6.42. The monoisotopic (exact) mass is 346 g/mol. The van der Waals surface area contributed by atoms with Crippen molar-refractivity contribution in [1.29, 1.82) is 0 Å². The molecule has 5 nitrogen and oxygen atoms in total. The third-order valence-electron chi connectivity index (χ3n) is 5.16. The number of nitrogens with one attached hydrogen (secondary N) is 1. The molecule has 0 unspecified atom stereocenters. The van der Waals surface area contributed by atoms with Crippen LogP contribution in [0.2, 0.25) is 0 Å². The van der Waals surface area contributed by atoms with Crippen LogP contribution in [0.3, 0.4) is 0 Å². The lowest BCUT2D eigenvalue weighted by atomic mass is 9.99. The van der Waals surface area contributed by atoms with E-state index in [-0.39, 0.29) is 5.97 Å². The van der Waals surface area contributed by atoms with Gasteiger partial charge in [0.05, 0.1) is 12.6 Å². The van der Waals surface area contributed by atoms with Gasteiger partial charge in [0.1, 0.15) is 6.61 Å². The van der Waals surface area contributed by atoms with E-state index in [2.05, 4.69) is 10.2 Å². The Balaban J connectivity index is 1.28. The van der Waals surface area contributed by atoms with Gasteiger partial charge in [0.25, 0.3) is 0 Å². The number of esters is 1. The van der Waals surface area contributed by atoms with E-state index in [9.17, 15) is 4.79 Å². The summed E-state index contributed by atoms with van der Waals surface area (Å²) in [6, 6.07) is 9.81. The zero-order valence-corrected chi connectivity index (χ0v) is 15.0. The first-order valence-corrected chi connectivity index (χ1v) is 9.54. The molecule has 1 aromatic carbocycles. The average molecular weight is 346 g/mol. The molecule has 2 aliphatic heterocycles. The summed E-state index contributed by atoms with van der Waals surface area (Å²) in [6.45, 7) is 5.71. The number of hydrogen-bond acceptors (Lipinski definition) is 5. The summed E-state index contributed by atoms with van der Waals surface area (Å²) < 4.78 is 11.5. The predicted molar refractivity (Wildman–Crippen MR) is 97.2 cm³/mol. The molecule has 0 amide bonds. The zero-order chi connectivity index (χ0) is 17.3. The fraction of sp³-hybridized carbons (Fsp3) is 0.650. The van der Waals surface area contributed by atoms with E-state index in [1.54, 1.807) is 0 Å². The van der Waals surface area contributed by atoms with E-state index in [1.165, 1.54) is 12.8 Å². The molecule has 2 fully saturated rings. The molecule has 2 saturated heterocycles. The van der Waals surface area contributed by atoms with E-state index in [4.69, 9.17) is 9.47 Å². The molecule has 1 aromatic rings. The van der Waals surface area contributed by atoms with Crippen molar-refractivity contribution in [2.45, 2.75) is 38.4 Å². The molecular formula is C20H30N2O3. The van der Waals surface area contributed by atoms with Gasteiger partial charge in [0, 0.05) is 19.7 Å². The molecule has 0 saturated carbocycles. The molecular weight excluding hydrogens is 316 g/mol. The fourth-order valence-electron chi connectivity index (χ4n) is 3.52. The molecule has 138 valence electrons. The van der Waals surface area contributed by atoms with E-state index < -0.39 is 0 Å². The molecule has 0 radical (unpaired) electrons. The van der Waals surface area contributed by atoms with Crippen molar-refractivity contribution >= 4 is 5.97 Å². The van der Waals surface area contributed by atoms with Crippen molar-refractivity contribution in [2.24, 2.45) is 5.92 Å². The van der Waals surface area contributed by atoms with Crippen molar-refractivity contribution < 1.29 is 14.3 Å². The minimum atomic E-state index is -0.141. The van der Waals surface area contributed by atoms with Crippen LogP contribution in [-0.2, 0) is 20.9 Å². The Hall–Kier alpha value is -1.43. The van der Waals surface area contributed by atoms with Crippen LogP contribution in [-0.4, -0.2) is 56.3 Å². The SMILES string of the molecule is O=C(CN1CCC(OCC2CCNCC2)CC1)OCc1ccccc1. The Kier molecular flexibility index (Phi) is 7.27. The molecule has 2 heterocycles. The molecule has 0 aromatic heterocycles. The quantitative estimate of drug-likeness (QED) is 0.767. The van der Waals surface area contributed by atoms with Crippen LogP contribution in [0, 0.1) is 5.92 Å². The van der Waals surface area contributed by atoms with Crippen molar-refractivity contribution in [3.05, 3.63) is 35.9 Å². The average Bonchev–Trinajstić information content (AvgIpc) is 2.67. The van der Waals surface area contributed by atoms with Gasteiger partial charge in [-0.2, -0.15) is 0 Å². The van der Waals surface area contributed by atoms with Crippen molar-refractivity contribution in [1.82, 2.24) is 10.2 Å². The normalized spacial score (nSPS) is 20.5. The largest absolute Gasteiger partial charge is 0.460 e. The van der Waals surface area contributed by atoms with Gasteiger partial charge in [-0.05, 0) is 50.3 Å². The van der Waals surface area contributed by atoms with Crippen molar-refractivity contribution in [2.75, 3.05) is 39.3 Å². The van der Waals surface area contributed by atoms with E-state index >= 15 is 0 Å². The van der Waals surface area contributed by atoms with Crippen molar-refractivity contribution in [3.8, 4) is 0 Å². The van der Waals surface area contributed by atoms with Crippen LogP contribution < -0.4 is 5.32 Å². The molecule has 25 heavy (non-hydrogen) atoms. The second-order valence-corrected chi connectivity index (χ2v) is 7.15. The molecule has 1 N–H and O–H groups in total. The molecule has 0 bridgehead atoms. The number of carbonyl (C=O) groups excluding carboxylic acids is 1. The maximum Gasteiger partial charge on any atom is 0.320 e. The zero-order valence-electron chi connectivity index (χ0n) is 15.0. The summed E-state index contributed by atoms with van der Waals surface area (Å²) >= 11 is 0. The Morgan fingerprint density at radius 3 is 2.52 bits per heavy atom. The van der Waals surface area contributed by atoms with Gasteiger partial charge in [-0.3, -0.25) is 9.69 Å². The summed E-state index contributed by atoms with van der Waals surface area (Å²) in [5.41, 5.74) is 1.03. The maximum absolute atomic E-state index is 12.0. The van der Waals surface area contributed by atoms with E-state index in [0.29, 0.717) is 25.2 Å². The first kappa shape index (κ1) is 18.4. The van der Waals surface area contributed by atoms with Crippen LogP contribution in [0.15, 0.2) is 30.3 Å². The highest BCUT2D eigenvalue weighted by atomic mass is 16.5. The Bertz CT molecular complexity index is 509. The van der Waals surface area contributed by atoms with E-state index in [0.717, 1.165) is 51.2 Å². The van der Waals surface area contributed by atoms with Gasteiger partial charge >= 0.3 is 5.97 Å². The lowest BCUT2D eigenvalue weighted by Crippen LogP contribution is -2.41. The van der Waals surface area contributed by atoms with Crippen molar-refractivity contribution in [3.63, 3.8) is 0 Å². The molecule has 0 atom stereocenters. The fourth-order valence-corrected chi connectivity index (χ4v) is 3.52. The lowest BCUT2D eigenvalue weighted by molar-refractivity contribution is -0.147. The minimum Gasteiger partial charge on any atom is -0.460 e. The highest BCUT2D eigenvalue weighted by Crippen LogP contribution is 2.18. The highest BCUT2D eigenvalue weighted by Gasteiger charge is 2.23. The summed E-state index contributed by atoms with van der Waals surface area (Å²) in [4.78, 5) is 14.2. The topological polar surface area (TPSA) is 50.8 Å². The standard InChI is InChI=1S/C20H30N2O3/c23-20(25-16-17-4-2-1-3-5-17)14-22-12-8-19(9-13-22)24-15-18-6-10-21-11-7-18/h1-5,18-19,21H,6-16H2. The second-order valence-electron chi connectivity index (χ2n) is 7.15.